The molecule has 3 atom stereocenters. The van der Waals surface area contributed by atoms with Gasteiger partial charge in [0.05, 0.1) is 13.2 Å². The Labute approximate surface area is 102 Å². The van der Waals surface area contributed by atoms with E-state index in [0.717, 1.165) is 0 Å². The highest BCUT2D eigenvalue weighted by atomic mass is 16.5. The highest BCUT2D eigenvalue weighted by Gasteiger charge is 2.33. The van der Waals surface area contributed by atoms with Crippen LogP contribution >= 0.6 is 0 Å². The summed E-state index contributed by atoms with van der Waals surface area (Å²) >= 11 is 0. The molecule has 0 saturated carbocycles. The molecule has 1 saturated heterocycles. The maximum atomic E-state index is 10.6. The monoisotopic (exact) mass is 260 g/mol. The Morgan fingerprint density at radius 3 is 2.44 bits per heavy atom. The van der Waals surface area contributed by atoms with Crippen LogP contribution in [0.25, 0.3) is 0 Å². The van der Waals surface area contributed by atoms with E-state index in [-0.39, 0.29) is 18.8 Å². The van der Waals surface area contributed by atoms with Gasteiger partial charge in [-0.15, -0.1) is 0 Å². The molecule has 0 radical (unpaired) electrons. The number of aromatic amines is 2. The van der Waals surface area contributed by atoms with Gasteiger partial charge in [-0.1, -0.05) is 0 Å². The van der Waals surface area contributed by atoms with Crippen LogP contribution in [0.1, 0.15) is 5.56 Å². The molecule has 0 amide bonds. The number of aromatic nitrogens is 2. The molecule has 18 heavy (non-hydrogen) atoms. The van der Waals surface area contributed by atoms with Gasteiger partial charge in [0, 0.05) is 11.8 Å². The fourth-order valence-corrected chi connectivity index (χ4v) is 1.30. The minimum atomic E-state index is -0.921. The normalized spacial score (nSPS) is 26.6. The predicted molar refractivity (Wildman–Crippen MR) is 61.3 cm³/mol. The Hall–Kier alpha value is -1.48. The van der Waals surface area contributed by atoms with Gasteiger partial charge >= 0.3 is 5.69 Å². The summed E-state index contributed by atoms with van der Waals surface area (Å²) in [6.07, 6.45) is -0.974. The second kappa shape index (κ2) is 6.45. The molecule has 1 aromatic rings. The van der Waals surface area contributed by atoms with Crippen molar-refractivity contribution < 1.29 is 20.1 Å². The molecule has 0 aliphatic carbocycles. The Kier molecular flexibility index (Phi) is 5.23. The Balaban J connectivity index is 0.000000180. The van der Waals surface area contributed by atoms with Gasteiger partial charge in [-0.3, -0.25) is 9.78 Å². The third-order valence-electron chi connectivity index (χ3n) is 2.44. The molecular formula is C10H16N2O6. The summed E-state index contributed by atoms with van der Waals surface area (Å²) < 4.78 is 4.78. The van der Waals surface area contributed by atoms with Crippen LogP contribution in [0.3, 0.4) is 0 Å². The maximum Gasteiger partial charge on any atom is 0.325 e. The molecule has 0 aromatic carbocycles. The SMILES string of the molecule is Cc1c[nH]c(=O)[nH]c1=O.OC[C@H]1OC[C@H](O)[C@@H]1O. The number of aliphatic hydroxyl groups excluding tert-OH is 3. The molecule has 5 N–H and O–H groups in total. The van der Waals surface area contributed by atoms with E-state index >= 15 is 0 Å². The van der Waals surface area contributed by atoms with Crippen LogP contribution < -0.4 is 11.2 Å². The highest BCUT2D eigenvalue weighted by molar-refractivity contribution is 4.98. The van der Waals surface area contributed by atoms with Crippen molar-refractivity contribution in [2.75, 3.05) is 13.2 Å². The number of rotatable bonds is 1. The number of H-pyrrole nitrogens is 2. The largest absolute Gasteiger partial charge is 0.394 e. The minimum absolute atomic E-state index is 0.117. The van der Waals surface area contributed by atoms with E-state index in [1.807, 2.05) is 0 Å². The average molecular weight is 260 g/mol. The Morgan fingerprint density at radius 1 is 1.44 bits per heavy atom. The molecule has 0 unspecified atom stereocenters. The first-order valence-electron chi connectivity index (χ1n) is 5.33. The fraction of sp³-hybridized carbons (Fsp3) is 0.600. The van der Waals surface area contributed by atoms with Gasteiger partial charge in [-0.25, -0.2) is 4.79 Å². The first-order valence-corrected chi connectivity index (χ1v) is 5.33. The van der Waals surface area contributed by atoms with Crippen LogP contribution in [-0.4, -0.2) is 56.8 Å². The molecule has 2 heterocycles. The lowest BCUT2D eigenvalue weighted by atomic mass is 10.2. The van der Waals surface area contributed by atoms with Gasteiger partial charge in [0.15, 0.2) is 0 Å². The molecule has 0 spiro atoms. The third-order valence-corrected chi connectivity index (χ3v) is 2.44. The summed E-state index contributed by atoms with van der Waals surface area (Å²) in [5, 5.41) is 26.2. The summed E-state index contributed by atoms with van der Waals surface area (Å²) in [7, 11) is 0. The lowest BCUT2D eigenvalue weighted by Gasteiger charge is -2.10. The van der Waals surface area contributed by atoms with Crippen molar-refractivity contribution >= 4 is 0 Å². The summed E-state index contributed by atoms with van der Waals surface area (Å²) in [5.41, 5.74) is -0.293. The van der Waals surface area contributed by atoms with E-state index < -0.39 is 24.0 Å². The van der Waals surface area contributed by atoms with Gasteiger partial charge in [0.1, 0.15) is 18.3 Å². The van der Waals surface area contributed by atoms with E-state index in [2.05, 4.69) is 9.97 Å². The van der Waals surface area contributed by atoms with E-state index in [1.165, 1.54) is 6.20 Å². The minimum Gasteiger partial charge on any atom is -0.394 e. The first-order chi connectivity index (χ1) is 8.45. The van der Waals surface area contributed by atoms with Crippen molar-refractivity contribution in [1.82, 2.24) is 9.97 Å². The van der Waals surface area contributed by atoms with E-state index in [0.29, 0.717) is 5.56 Å². The van der Waals surface area contributed by atoms with Gasteiger partial charge in [-0.05, 0) is 6.92 Å². The zero-order chi connectivity index (χ0) is 13.7. The van der Waals surface area contributed by atoms with Crippen molar-refractivity contribution in [3.8, 4) is 0 Å². The Morgan fingerprint density at radius 2 is 2.11 bits per heavy atom. The zero-order valence-electron chi connectivity index (χ0n) is 9.79. The molecule has 8 heteroatoms. The molecular weight excluding hydrogens is 244 g/mol. The Bertz CT molecular complexity index is 482. The van der Waals surface area contributed by atoms with Crippen LogP contribution in [0.2, 0.25) is 0 Å². The smallest absolute Gasteiger partial charge is 0.325 e. The van der Waals surface area contributed by atoms with Crippen molar-refractivity contribution in [3.63, 3.8) is 0 Å². The third kappa shape index (κ3) is 3.77. The zero-order valence-corrected chi connectivity index (χ0v) is 9.79. The highest BCUT2D eigenvalue weighted by Crippen LogP contribution is 2.12. The number of nitrogens with one attached hydrogen (secondary N) is 2. The molecule has 1 aliphatic heterocycles. The number of aliphatic hydroxyl groups is 3. The van der Waals surface area contributed by atoms with Crippen molar-refractivity contribution in [2.24, 2.45) is 0 Å². The maximum absolute atomic E-state index is 10.6. The summed E-state index contributed by atoms with van der Waals surface area (Å²) in [6.45, 7) is 1.50. The van der Waals surface area contributed by atoms with Gasteiger partial charge in [-0.2, -0.15) is 0 Å². The topological polar surface area (TPSA) is 136 Å². The molecule has 8 nitrogen and oxygen atoms in total. The van der Waals surface area contributed by atoms with Crippen LogP contribution in [0.15, 0.2) is 15.8 Å². The standard InChI is InChI=1S/C5H6N2O2.C5H10O4/c1-3-2-6-5(9)7-4(3)8;6-1-4-5(8)3(7)2-9-4/h2H,1H3,(H2,6,7,8,9);3-8H,1-2H2/t;3-,4+,5-/m.0/s1. The predicted octanol–water partition coefficient (Wildman–Crippen LogP) is -2.53. The van der Waals surface area contributed by atoms with Gasteiger partial charge < -0.3 is 25.0 Å². The lowest BCUT2D eigenvalue weighted by molar-refractivity contribution is -0.00588. The van der Waals surface area contributed by atoms with Crippen LogP contribution in [0.4, 0.5) is 0 Å². The van der Waals surface area contributed by atoms with E-state index in [1.54, 1.807) is 6.92 Å². The molecule has 2 rings (SSSR count). The molecule has 0 bridgehead atoms. The van der Waals surface area contributed by atoms with E-state index in [9.17, 15) is 9.59 Å². The van der Waals surface area contributed by atoms with Gasteiger partial charge in [0.25, 0.3) is 5.56 Å². The van der Waals surface area contributed by atoms with Crippen LogP contribution in [0.5, 0.6) is 0 Å². The average Bonchev–Trinajstić information content (AvgIpc) is 2.66. The number of hydrogen-bond acceptors (Lipinski definition) is 6. The van der Waals surface area contributed by atoms with Crippen molar-refractivity contribution in [1.29, 1.82) is 0 Å². The molecule has 1 fully saturated rings. The van der Waals surface area contributed by atoms with Crippen molar-refractivity contribution in [3.05, 3.63) is 32.6 Å². The number of aryl methyl sites for hydroxylation is 1. The second-order valence-corrected chi connectivity index (χ2v) is 3.87. The second-order valence-electron chi connectivity index (χ2n) is 3.87. The summed E-state index contributed by atoms with van der Waals surface area (Å²) in [6, 6.07) is 0. The summed E-state index contributed by atoms with van der Waals surface area (Å²) in [5.74, 6) is 0. The number of ether oxygens (including phenoxy) is 1. The molecule has 1 aromatic heterocycles. The summed E-state index contributed by atoms with van der Waals surface area (Å²) in [4.78, 5) is 25.3. The molecule has 1 aliphatic rings. The lowest BCUT2D eigenvalue weighted by Crippen LogP contribution is -2.31. The van der Waals surface area contributed by atoms with Crippen molar-refractivity contribution in [2.45, 2.75) is 25.2 Å². The van der Waals surface area contributed by atoms with Gasteiger partial charge in [0.2, 0.25) is 0 Å². The first kappa shape index (κ1) is 14.6. The van der Waals surface area contributed by atoms with Crippen LogP contribution in [0, 0.1) is 6.92 Å². The van der Waals surface area contributed by atoms with Crippen LogP contribution in [-0.2, 0) is 4.74 Å². The quantitative estimate of drug-likeness (QED) is 0.378. The molecule has 102 valence electrons. The number of hydrogen-bond donors (Lipinski definition) is 5. The van der Waals surface area contributed by atoms with E-state index in [4.69, 9.17) is 20.1 Å². The fourth-order valence-electron chi connectivity index (χ4n) is 1.30.